The highest BCUT2D eigenvalue weighted by atomic mass is 19.1. The van der Waals surface area contributed by atoms with E-state index in [0.717, 1.165) is 6.20 Å². The Kier molecular flexibility index (Phi) is 4.11. The van der Waals surface area contributed by atoms with Gasteiger partial charge in [0.1, 0.15) is 6.07 Å². The van der Waals surface area contributed by atoms with E-state index in [4.69, 9.17) is 5.26 Å². The summed E-state index contributed by atoms with van der Waals surface area (Å²) < 4.78 is 13.9. The highest BCUT2D eigenvalue weighted by molar-refractivity contribution is 5.67. The van der Waals surface area contributed by atoms with E-state index >= 15 is 0 Å². The standard InChI is InChI=1S/C14H14FN5/c1-3-17-14-18-9-11(15)13(19-14)20(2)12-7-5-4-6-10(12)8-16/h4-7,9H,3H2,1-2H3,(H,17,18,19). The number of nitrogens with one attached hydrogen (secondary N) is 1. The summed E-state index contributed by atoms with van der Waals surface area (Å²) in [5, 5.41) is 12.0. The van der Waals surface area contributed by atoms with Crippen LogP contribution in [0.1, 0.15) is 12.5 Å². The van der Waals surface area contributed by atoms with E-state index in [2.05, 4.69) is 21.4 Å². The van der Waals surface area contributed by atoms with E-state index in [1.54, 1.807) is 31.3 Å². The van der Waals surface area contributed by atoms with Crippen molar-refractivity contribution in [2.75, 3.05) is 23.8 Å². The summed E-state index contributed by atoms with van der Waals surface area (Å²) in [7, 11) is 1.66. The number of aromatic nitrogens is 2. The van der Waals surface area contributed by atoms with Crippen LogP contribution in [-0.2, 0) is 0 Å². The average Bonchev–Trinajstić information content (AvgIpc) is 2.48. The van der Waals surface area contributed by atoms with Crippen molar-refractivity contribution >= 4 is 17.5 Å². The van der Waals surface area contributed by atoms with Gasteiger partial charge >= 0.3 is 0 Å². The summed E-state index contributed by atoms with van der Waals surface area (Å²) >= 11 is 0. The second kappa shape index (κ2) is 5.97. The number of hydrogen-bond donors (Lipinski definition) is 1. The van der Waals surface area contributed by atoms with Crippen molar-refractivity contribution in [1.29, 1.82) is 5.26 Å². The maximum atomic E-state index is 13.9. The van der Waals surface area contributed by atoms with Gasteiger partial charge in [0.05, 0.1) is 17.4 Å². The Balaban J connectivity index is 2.45. The number of nitriles is 1. The molecule has 0 aliphatic carbocycles. The zero-order valence-corrected chi connectivity index (χ0v) is 11.3. The summed E-state index contributed by atoms with van der Waals surface area (Å²) in [4.78, 5) is 9.53. The first kappa shape index (κ1) is 13.7. The van der Waals surface area contributed by atoms with Crippen LogP contribution >= 0.6 is 0 Å². The van der Waals surface area contributed by atoms with Crippen LogP contribution in [0.15, 0.2) is 30.5 Å². The molecule has 0 atom stereocenters. The number of nitrogens with zero attached hydrogens (tertiary/aromatic N) is 4. The van der Waals surface area contributed by atoms with E-state index in [-0.39, 0.29) is 5.82 Å². The minimum absolute atomic E-state index is 0.124. The van der Waals surface area contributed by atoms with Crippen LogP contribution < -0.4 is 10.2 Å². The van der Waals surface area contributed by atoms with Crippen LogP contribution in [0.5, 0.6) is 0 Å². The molecule has 20 heavy (non-hydrogen) atoms. The summed E-state index contributed by atoms with van der Waals surface area (Å²) in [5.41, 5.74) is 1.05. The van der Waals surface area contributed by atoms with Crippen molar-refractivity contribution in [1.82, 2.24) is 9.97 Å². The minimum Gasteiger partial charge on any atom is -0.354 e. The Bertz CT molecular complexity index is 650. The fourth-order valence-electron chi connectivity index (χ4n) is 1.81. The molecule has 2 aromatic rings. The largest absolute Gasteiger partial charge is 0.354 e. The molecule has 5 nitrogen and oxygen atoms in total. The minimum atomic E-state index is -0.540. The van der Waals surface area contributed by atoms with E-state index in [0.29, 0.717) is 23.7 Å². The monoisotopic (exact) mass is 271 g/mol. The highest BCUT2D eigenvalue weighted by Crippen LogP contribution is 2.27. The van der Waals surface area contributed by atoms with Crippen LogP contribution in [0, 0.1) is 17.1 Å². The van der Waals surface area contributed by atoms with Gasteiger partial charge in [-0.15, -0.1) is 0 Å². The third-order valence-electron chi connectivity index (χ3n) is 2.76. The maximum Gasteiger partial charge on any atom is 0.224 e. The highest BCUT2D eigenvalue weighted by Gasteiger charge is 2.15. The molecule has 1 aromatic heterocycles. The van der Waals surface area contributed by atoms with E-state index in [1.165, 1.54) is 4.90 Å². The zero-order valence-electron chi connectivity index (χ0n) is 11.3. The first-order chi connectivity index (χ1) is 9.67. The molecule has 0 amide bonds. The Morgan fingerprint density at radius 2 is 2.15 bits per heavy atom. The number of rotatable bonds is 4. The average molecular weight is 271 g/mol. The first-order valence-corrected chi connectivity index (χ1v) is 6.16. The van der Waals surface area contributed by atoms with Crippen LogP contribution in [-0.4, -0.2) is 23.6 Å². The molecule has 1 N–H and O–H groups in total. The van der Waals surface area contributed by atoms with Crippen molar-refractivity contribution in [2.24, 2.45) is 0 Å². The molecule has 0 fully saturated rings. The van der Waals surface area contributed by atoms with Crippen molar-refractivity contribution in [2.45, 2.75) is 6.92 Å². The number of anilines is 3. The van der Waals surface area contributed by atoms with Crippen molar-refractivity contribution in [3.63, 3.8) is 0 Å². The van der Waals surface area contributed by atoms with Crippen LogP contribution in [0.4, 0.5) is 21.8 Å². The van der Waals surface area contributed by atoms with Gasteiger partial charge in [0.15, 0.2) is 11.6 Å². The maximum absolute atomic E-state index is 13.9. The van der Waals surface area contributed by atoms with Gasteiger partial charge in [-0.05, 0) is 19.1 Å². The summed E-state index contributed by atoms with van der Waals surface area (Å²) in [5.74, 6) is -0.0641. The van der Waals surface area contributed by atoms with E-state index in [9.17, 15) is 4.39 Å². The van der Waals surface area contributed by atoms with Gasteiger partial charge < -0.3 is 10.2 Å². The van der Waals surface area contributed by atoms with Crippen molar-refractivity contribution in [3.05, 3.63) is 41.8 Å². The SMILES string of the molecule is CCNc1ncc(F)c(N(C)c2ccccc2C#N)n1. The number of para-hydroxylation sites is 1. The van der Waals surface area contributed by atoms with Crippen LogP contribution in [0.3, 0.4) is 0 Å². The Morgan fingerprint density at radius 1 is 1.40 bits per heavy atom. The molecule has 6 heteroatoms. The number of benzene rings is 1. The lowest BCUT2D eigenvalue weighted by atomic mass is 10.2. The molecule has 0 saturated heterocycles. The number of hydrogen-bond acceptors (Lipinski definition) is 5. The van der Waals surface area contributed by atoms with Gasteiger partial charge in [-0.2, -0.15) is 10.2 Å². The number of halogens is 1. The third-order valence-corrected chi connectivity index (χ3v) is 2.76. The second-order valence-electron chi connectivity index (χ2n) is 4.08. The molecule has 102 valence electrons. The summed E-state index contributed by atoms with van der Waals surface area (Å²) in [6, 6.07) is 9.05. The lowest BCUT2D eigenvalue weighted by Gasteiger charge is -2.20. The lowest BCUT2D eigenvalue weighted by Crippen LogP contribution is -2.16. The molecule has 0 radical (unpaired) electrons. The molecule has 0 aliphatic rings. The predicted molar refractivity (Wildman–Crippen MR) is 75.4 cm³/mol. The summed E-state index contributed by atoms with van der Waals surface area (Å²) in [6.45, 7) is 2.55. The molecule has 2 rings (SSSR count). The smallest absolute Gasteiger partial charge is 0.224 e. The second-order valence-corrected chi connectivity index (χ2v) is 4.08. The van der Waals surface area contributed by atoms with Gasteiger partial charge in [0.2, 0.25) is 5.95 Å². The van der Waals surface area contributed by atoms with E-state index in [1.807, 2.05) is 6.92 Å². The fourth-order valence-corrected chi connectivity index (χ4v) is 1.81. The third kappa shape index (κ3) is 2.67. The van der Waals surface area contributed by atoms with Gasteiger partial charge in [-0.1, -0.05) is 12.1 Å². The zero-order chi connectivity index (χ0) is 14.5. The normalized spacial score (nSPS) is 9.90. The van der Waals surface area contributed by atoms with Crippen LogP contribution in [0.25, 0.3) is 0 Å². The van der Waals surface area contributed by atoms with Crippen molar-refractivity contribution in [3.8, 4) is 6.07 Å². The molecule has 0 aliphatic heterocycles. The topological polar surface area (TPSA) is 64.8 Å². The lowest BCUT2D eigenvalue weighted by molar-refractivity contribution is 0.614. The molecule has 0 unspecified atom stereocenters. The molecule has 0 saturated carbocycles. The molecular weight excluding hydrogens is 257 g/mol. The Morgan fingerprint density at radius 3 is 2.85 bits per heavy atom. The van der Waals surface area contributed by atoms with E-state index < -0.39 is 5.82 Å². The van der Waals surface area contributed by atoms with Gasteiger partial charge in [0.25, 0.3) is 0 Å². The predicted octanol–water partition coefficient (Wildman–Crippen LogP) is 2.69. The first-order valence-electron chi connectivity index (χ1n) is 6.16. The Labute approximate surface area is 116 Å². The molecule has 1 heterocycles. The van der Waals surface area contributed by atoms with Gasteiger partial charge in [0, 0.05) is 13.6 Å². The Hall–Kier alpha value is -2.68. The van der Waals surface area contributed by atoms with Crippen molar-refractivity contribution < 1.29 is 4.39 Å². The van der Waals surface area contributed by atoms with Gasteiger partial charge in [-0.3, -0.25) is 0 Å². The van der Waals surface area contributed by atoms with Gasteiger partial charge in [-0.25, -0.2) is 9.37 Å². The quantitative estimate of drug-likeness (QED) is 0.926. The molecule has 0 spiro atoms. The molecule has 0 bridgehead atoms. The summed E-state index contributed by atoms with van der Waals surface area (Å²) in [6.07, 6.45) is 1.12. The fraction of sp³-hybridized carbons (Fsp3) is 0.214. The van der Waals surface area contributed by atoms with Crippen LogP contribution in [0.2, 0.25) is 0 Å². The molecule has 1 aromatic carbocycles. The molecular formula is C14H14FN5.